The first-order valence-corrected chi connectivity index (χ1v) is 2.58. The van der Waals surface area contributed by atoms with Gasteiger partial charge < -0.3 is 0 Å². The molecule has 0 aromatic heterocycles. The van der Waals surface area contributed by atoms with Gasteiger partial charge in [0.25, 0.3) is 0 Å². The minimum absolute atomic E-state index is 0.500. The van der Waals surface area contributed by atoms with E-state index in [-0.39, 0.29) is 0 Å². The third-order valence-corrected chi connectivity index (χ3v) is 0. The molecule has 0 rings (SSSR count). The van der Waals surface area contributed by atoms with Gasteiger partial charge in [-0.15, -0.1) is 0 Å². The van der Waals surface area contributed by atoms with Gasteiger partial charge in [-0.1, -0.05) is 34.5 Å². The molecule has 0 saturated heterocycles. The first-order valence-electron chi connectivity index (χ1n) is 2.58. The lowest BCUT2D eigenvalue weighted by Crippen LogP contribution is -1.93. The Morgan fingerprint density at radius 3 is 0.857 bits per heavy atom. The Bertz CT molecular complexity index is 19.7. The summed E-state index contributed by atoms with van der Waals surface area (Å²) >= 11 is 0. The maximum atomic E-state index is 4.50. The van der Waals surface area contributed by atoms with Crippen molar-refractivity contribution in [1.29, 1.82) is 0 Å². The van der Waals surface area contributed by atoms with Crippen LogP contribution in [0.15, 0.2) is 0 Å². The van der Waals surface area contributed by atoms with E-state index < -0.39 is 0 Å². The van der Waals surface area contributed by atoms with Crippen molar-refractivity contribution >= 4 is 7.85 Å². The Kier molecular flexibility index (Phi) is 6.12. The molecule has 0 saturated carbocycles. The van der Waals surface area contributed by atoms with E-state index in [2.05, 4.69) is 35.5 Å². The van der Waals surface area contributed by atoms with Crippen molar-refractivity contribution in [3.63, 3.8) is 0 Å². The Morgan fingerprint density at radius 2 is 0.857 bits per heavy atom. The molecule has 2 radical (unpaired) electrons. The fraction of sp³-hybridized carbons (Fsp3) is 1.00. The Balaban J connectivity index is 0. The van der Waals surface area contributed by atoms with Crippen LogP contribution in [-0.4, -0.2) is 7.85 Å². The predicted molar refractivity (Wildman–Crippen MR) is 36.7 cm³/mol. The summed E-state index contributed by atoms with van der Waals surface area (Å²) in [5.74, 6) is 0. The largest absolute Gasteiger partial charge is 0.0999 e. The predicted octanol–water partition coefficient (Wildman–Crippen LogP) is 2.26. The van der Waals surface area contributed by atoms with E-state index >= 15 is 0 Å². The summed E-state index contributed by atoms with van der Waals surface area (Å²) in [4.78, 5) is 0. The lowest BCUT2D eigenvalue weighted by atomic mass is 10.0. The maximum absolute atomic E-state index is 4.50. The molecular formula is C6H15B. The second kappa shape index (κ2) is 4.23. The minimum Gasteiger partial charge on any atom is -0.0999 e. The average molecular weight is 98.0 g/mol. The Labute approximate surface area is 48.7 Å². The highest BCUT2D eigenvalue weighted by molar-refractivity contribution is 6.05. The van der Waals surface area contributed by atoms with Crippen molar-refractivity contribution in [2.75, 3.05) is 0 Å². The van der Waals surface area contributed by atoms with Crippen LogP contribution >= 0.6 is 0 Å². The van der Waals surface area contributed by atoms with Gasteiger partial charge in [0.15, 0.2) is 0 Å². The van der Waals surface area contributed by atoms with Crippen molar-refractivity contribution in [2.24, 2.45) is 5.41 Å². The molecule has 0 amide bonds. The molecule has 0 spiro atoms. The van der Waals surface area contributed by atoms with Crippen LogP contribution in [0.25, 0.3) is 0 Å². The normalized spacial score (nSPS) is 9.29. The summed E-state index contributed by atoms with van der Waals surface area (Å²) in [7, 11) is 4.50. The van der Waals surface area contributed by atoms with E-state index in [1.807, 2.05) is 0 Å². The number of rotatable bonds is 0. The molecule has 0 aliphatic heterocycles. The van der Waals surface area contributed by atoms with E-state index in [0.29, 0.717) is 5.41 Å². The summed E-state index contributed by atoms with van der Waals surface area (Å²) < 4.78 is 0. The third kappa shape index (κ3) is 23800. The second-order valence-corrected chi connectivity index (χ2v) is 3.00. The zero-order valence-corrected chi connectivity index (χ0v) is 6.08. The van der Waals surface area contributed by atoms with Gasteiger partial charge >= 0.3 is 0 Å². The monoisotopic (exact) mass is 98.1 g/mol. The first kappa shape index (κ1) is 10.1. The molecule has 0 aliphatic carbocycles. The molecule has 0 atom stereocenters. The topological polar surface area (TPSA) is 0 Å². The molecule has 0 bridgehead atoms. The zero-order valence-electron chi connectivity index (χ0n) is 6.08. The van der Waals surface area contributed by atoms with Crippen LogP contribution in [0.1, 0.15) is 27.7 Å². The average Bonchev–Trinajstić information content (AvgIpc) is 1.36. The molecule has 42 valence electrons. The van der Waals surface area contributed by atoms with E-state index in [9.17, 15) is 0 Å². The SMILES string of the molecule is CC(C)(C)C.[B]C. The molecule has 7 heavy (non-hydrogen) atoms. The Morgan fingerprint density at radius 1 is 0.857 bits per heavy atom. The van der Waals surface area contributed by atoms with Crippen LogP contribution in [-0.2, 0) is 0 Å². The fourth-order valence-electron chi connectivity index (χ4n) is 0. The molecule has 1 heteroatoms. The van der Waals surface area contributed by atoms with Gasteiger partial charge in [0.2, 0.25) is 0 Å². The zero-order chi connectivity index (χ0) is 6.50. The minimum atomic E-state index is 0.500. The van der Waals surface area contributed by atoms with Crippen molar-refractivity contribution in [1.82, 2.24) is 0 Å². The number of hydrogen-bond donors (Lipinski definition) is 0. The van der Waals surface area contributed by atoms with Gasteiger partial charge in [-0.05, 0) is 5.41 Å². The van der Waals surface area contributed by atoms with Crippen molar-refractivity contribution in [2.45, 2.75) is 34.5 Å². The molecule has 0 aliphatic rings. The van der Waals surface area contributed by atoms with Crippen LogP contribution in [0, 0.1) is 5.41 Å². The maximum Gasteiger partial charge on any atom is 0.0606 e. The molecule has 0 fully saturated rings. The molecule has 0 aromatic carbocycles. The van der Waals surface area contributed by atoms with Crippen molar-refractivity contribution in [3.8, 4) is 0 Å². The number of hydrogen-bond acceptors (Lipinski definition) is 0. The lowest BCUT2D eigenvalue weighted by Gasteiger charge is -2.05. The summed E-state index contributed by atoms with van der Waals surface area (Å²) in [5, 5.41) is 0. The van der Waals surface area contributed by atoms with Crippen LogP contribution in [0.5, 0.6) is 0 Å². The molecule has 0 aromatic rings. The molecule has 0 unspecified atom stereocenters. The van der Waals surface area contributed by atoms with E-state index in [1.54, 1.807) is 0 Å². The van der Waals surface area contributed by atoms with Gasteiger partial charge in [-0.3, -0.25) is 0 Å². The Hall–Kier alpha value is 0.0649. The molecule has 0 N–H and O–H groups in total. The smallest absolute Gasteiger partial charge is 0.0606 e. The van der Waals surface area contributed by atoms with Crippen molar-refractivity contribution in [3.05, 3.63) is 0 Å². The standard InChI is InChI=1S/C5H12.CH3B/c1-5(2,3)4;1-2/h1-4H3;1H3. The van der Waals surface area contributed by atoms with Gasteiger partial charge in [0, 0.05) is 0 Å². The van der Waals surface area contributed by atoms with Gasteiger partial charge in [-0.25, -0.2) is 0 Å². The highest BCUT2D eigenvalue weighted by Gasteiger charge is 1.95. The van der Waals surface area contributed by atoms with Crippen LogP contribution in [0.3, 0.4) is 0 Å². The summed E-state index contributed by atoms with van der Waals surface area (Å²) in [6.07, 6.45) is 0. The molecular weight excluding hydrogens is 82.9 g/mol. The van der Waals surface area contributed by atoms with Crippen LogP contribution in [0.2, 0.25) is 6.82 Å². The van der Waals surface area contributed by atoms with Crippen LogP contribution in [0.4, 0.5) is 0 Å². The van der Waals surface area contributed by atoms with E-state index in [1.165, 1.54) is 6.82 Å². The quantitative estimate of drug-likeness (QED) is 0.407. The van der Waals surface area contributed by atoms with Crippen molar-refractivity contribution < 1.29 is 0 Å². The second-order valence-electron chi connectivity index (χ2n) is 3.00. The lowest BCUT2D eigenvalue weighted by molar-refractivity contribution is 0.469. The third-order valence-electron chi connectivity index (χ3n) is 0. The highest BCUT2D eigenvalue weighted by Crippen LogP contribution is 2.07. The summed E-state index contributed by atoms with van der Waals surface area (Å²) in [6.45, 7) is 10.2. The van der Waals surface area contributed by atoms with Gasteiger partial charge in [0.1, 0.15) is 0 Å². The summed E-state index contributed by atoms with van der Waals surface area (Å²) in [6, 6.07) is 0. The fourth-order valence-corrected chi connectivity index (χ4v) is 0. The highest BCUT2D eigenvalue weighted by atomic mass is 14.0. The van der Waals surface area contributed by atoms with Crippen LogP contribution < -0.4 is 0 Å². The van der Waals surface area contributed by atoms with Gasteiger partial charge in [0.05, 0.1) is 7.85 Å². The first-order chi connectivity index (χ1) is 3.00. The van der Waals surface area contributed by atoms with Gasteiger partial charge in [-0.2, -0.15) is 0 Å². The summed E-state index contributed by atoms with van der Waals surface area (Å²) in [5.41, 5.74) is 0.500. The molecule has 0 heterocycles. The van der Waals surface area contributed by atoms with E-state index in [0.717, 1.165) is 0 Å². The molecule has 0 nitrogen and oxygen atoms in total. The van der Waals surface area contributed by atoms with E-state index in [4.69, 9.17) is 0 Å².